The number of nitrogens with zero attached hydrogens (tertiary/aromatic N) is 1. The second-order valence-corrected chi connectivity index (χ2v) is 4.76. The van der Waals surface area contributed by atoms with Gasteiger partial charge in [-0.1, -0.05) is 18.5 Å². The number of rotatable bonds is 5. The maximum atomic E-state index is 11.4. The van der Waals surface area contributed by atoms with Crippen LogP contribution in [0.25, 0.3) is 0 Å². The van der Waals surface area contributed by atoms with E-state index in [-0.39, 0.29) is 5.69 Å². The molecule has 2 N–H and O–H groups in total. The minimum Gasteiger partial charge on any atom is -0.268 e. The van der Waals surface area contributed by atoms with Gasteiger partial charge in [0.05, 0.1) is 16.9 Å². The van der Waals surface area contributed by atoms with E-state index in [1.54, 1.807) is 0 Å². The SMILES string of the molecule is CCCNS(=O)(=O)Nc1cnccc1Cl. The Bertz CT molecular complexity index is 422. The molecule has 84 valence electrons. The van der Waals surface area contributed by atoms with Gasteiger partial charge in [0.1, 0.15) is 0 Å². The second-order valence-electron chi connectivity index (χ2n) is 2.86. The first kappa shape index (κ1) is 12.2. The van der Waals surface area contributed by atoms with E-state index >= 15 is 0 Å². The van der Waals surface area contributed by atoms with E-state index in [9.17, 15) is 8.42 Å². The highest BCUT2D eigenvalue weighted by atomic mass is 35.5. The van der Waals surface area contributed by atoms with Crippen molar-refractivity contribution in [1.29, 1.82) is 0 Å². The molecule has 1 heterocycles. The van der Waals surface area contributed by atoms with Crippen LogP contribution in [0.2, 0.25) is 5.02 Å². The van der Waals surface area contributed by atoms with Gasteiger partial charge in [0.2, 0.25) is 0 Å². The highest BCUT2D eigenvalue weighted by Crippen LogP contribution is 2.19. The smallest absolute Gasteiger partial charge is 0.268 e. The second kappa shape index (κ2) is 5.29. The van der Waals surface area contributed by atoms with Gasteiger partial charge < -0.3 is 0 Å². The zero-order chi connectivity index (χ0) is 11.3. The van der Waals surface area contributed by atoms with Gasteiger partial charge in [-0.3, -0.25) is 9.71 Å². The number of hydrogen-bond donors (Lipinski definition) is 2. The number of hydrogen-bond acceptors (Lipinski definition) is 3. The van der Waals surface area contributed by atoms with Crippen molar-refractivity contribution in [3.8, 4) is 0 Å². The summed E-state index contributed by atoms with van der Waals surface area (Å²) in [5.41, 5.74) is 0.266. The molecular weight excluding hydrogens is 238 g/mol. The molecule has 0 radical (unpaired) electrons. The minimum absolute atomic E-state index is 0.266. The molecule has 7 heteroatoms. The van der Waals surface area contributed by atoms with Gasteiger partial charge in [-0.15, -0.1) is 0 Å². The minimum atomic E-state index is -3.54. The van der Waals surface area contributed by atoms with Crippen molar-refractivity contribution in [2.45, 2.75) is 13.3 Å². The molecule has 5 nitrogen and oxygen atoms in total. The summed E-state index contributed by atoms with van der Waals surface area (Å²) in [5, 5.41) is 0.312. The van der Waals surface area contributed by atoms with Crippen molar-refractivity contribution in [3.63, 3.8) is 0 Å². The summed E-state index contributed by atoms with van der Waals surface area (Å²) in [6, 6.07) is 1.51. The predicted octanol–water partition coefficient (Wildman–Crippen LogP) is 1.39. The van der Waals surface area contributed by atoms with Gasteiger partial charge in [0.25, 0.3) is 10.2 Å². The number of aromatic nitrogens is 1. The molecular formula is C8H12ClN3O2S. The molecule has 0 saturated carbocycles. The Morgan fingerprint density at radius 1 is 1.53 bits per heavy atom. The number of nitrogens with one attached hydrogen (secondary N) is 2. The van der Waals surface area contributed by atoms with Crippen molar-refractivity contribution >= 4 is 27.5 Å². The Hall–Kier alpha value is -0.850. The standard InChI is InChI=1S/C8H12ClN3O2S/c1-2-4-11-15(13,14)12-8-6-10-5-3-7(8)9/h3,5-6,11-12H,2,4H2,1H3. The summed E-state index contributed by atoms with van der Waals surface area (Å²) in [6.07, 6.45) is 3.56. The van der Waals surface area contributed by atoms with Gasteiger partial charge in [-0.2, -0.15) is 13.1 Å². The first-order valence-corrected chi connectivity index (χ1v) is 6.28. The predicted molar refractivity (Wildman–Crippen MR) is 60.1 cm³/mol. The van der Waals surface area contributed by atoms with Crippen LogP contribution in [-0.4, -0.2) is 19.9 Å². The largest absolute Gasteiger partial charge is 0.299 e. The molecule has 0 fully saturated rings. The van der Waals surface area contributed by atoms with E-state index in [4.69, 9.17) is 11.6 Å². The first-order chi connectivity index (χ1) is 7.05. The molecule has 0 saturated heterocycles. The van der Waals surface area contributed by atoms with E-state index in [2.05, 4.69) is 14.4 Å². The zero-order valence-corrected chi connectivity index (χ0v) is 9.77. The first-order valence-electron chi connectivity index (χ1n) is 4.42. The highest BCUT2D eigenvalue weighted by Gasteiger charge is 2.10. The van der Waals surface area contributed by atoms with E-state index in [0.717, 1.165) is 6.42 Å². The third kappa shape index (κ3) is 4.03. The summed E-state index contributed by atoms with van der Waals surface area (Å²) >= 11 is 5.77. The summed E-state index contributed by atoms with van der Waals surface area (Å²) in [4.78, 5) is 3.77. The molecule has 1 aromatic rings. The monoisotopic (exact) mass is 249 g/mol. The molecule has 15 heavy (non-hydrogen) atoms. The highest BCUT2D eigenvalue weighted by molar-refractivity contribution is 7.90. The van der Waals surface area contributed by atoms with Gasteiger partial charge in [0, 0.05) is 12.7 Å². The molecule has 0 unspecified atom stereocenters. The third-order valence-electron chi connectivity index (χ3n) is 1.55. The molecule has 1 aromatic heterocycles. The number of anilines is 1. The Morgan fingerprint density at radius 3 is 2.87 bits per heavy atom. The summed E-state index contributed by atoms with van der Waals surface area (Å²) in [5.74, 6) is 0. The lowest BCUT2D eigenvalue weighted by Gasteiger charge is -2.08. The molecule has 0 aliphatic rings. The van der Waals surface area contributed by atoms with Crippen molar-refractivity contribution in [2.24, 2.45) is 0 Å². The fourth-order valence-corrected chi connectivity index (χ4v) is 2.08. The molecule has 0 spiro atoms. The van der Waals surface area contributed by atoms with Gasteiger partial charge in [-0.25, -0.2) is 0 Å². The summed E-state index contributed by atoms with van der Waals surface area (Å²) in [7, 11) is -3.54. The molecule has 0 atom stereocenters. The van der Waals surface area contributed by atoms with Gasteiger partial charge >= 0.3 is 0 Å². The molecule has 0 aliphatic carbocycles. The number of pyridine rings is 1. The van der Waals surface area contributed by atoms with Gasteiger partial charge in [-0.05, 0) is 12.5 Å². The van der Waals surface area contributed by atoms with Crippen LogP contribution in [0.1, 0.15) is 13.3 Å². The lowest BCUT2D eigenvalue weighted by molar-refractivity contribution is 0.586. The van der Waals surface area contributed by atoms with Gasteiger partial charge in [0.15, 0.2) is 0 Å². The van der Waals surface area contributed by atoms with Crippen LogP contribution in [0, 0.1) is 0 Å². The lowest BCUT2D eigenvalue weighted by atomic mass is 10.4. The maximum Gasteiger partial charge on any atom is 0.299 e. The molecule has 0 aliphatic heterocycles. The molecule has 0 bridgehead atoms. The van der Waals surface area contributed by atoms with Crippen molar-refractivity contribution in [2.75, 3.05) is 11.3 Å². The summed E-state index contributed by atoms with van der Waals surface area (Å²) < 4.78 is 27.5. The summed E-state index contributed by atoms with van der Waals surface area (Å²) in [6.45, 7) is 2.26. The lowest BCUT2D eigenvalue weighted by Crippen LogP contribution is -2.30. The van der Waals surface area contributed by atoms with Crippen LogP contribution in [0.4, 0.5) is 5.69 Å². The quantitative estimate of drug-likeness (QED) is 0.829. The number of halogens is 1. The van der Waals surface area contributed by atoms with Crippen LogP contribution in [0.5, 0.6) is 0 Å². The fraction of sp³-hybridized carbons (Fsp3) is 0.375. The maximum absolute atomic E-state index is 11.4. The van der Waals surface area contributed by atoms with Crippen molar-refractivity contribution in [1.82, 2.24) is 9.71 Å². The molecule has 1 rings (SSSR count). The van der Waals surface area contributed by atoms with Crippen molar-refractivity contribution < 1.29 is 8.42 Å². The fourth-order valence-electron chi connectivity index (χ4n) is 0.870. The Morgan fingerprint density at radius 2 is 2.27 bits per heavy atom. The Balaban J connectivity index is 2.74. The van der Waals surface area contributed by atoms with Crippen LogP contribution in [-0.2, 0) is 10.2 Å². The zero-order valence-electron chi connectivity index (χ0n) is 8.20. The normalized spacial score (nSPS) is 11.3. The Labute approximate surface area is 94.0 Å². The van der Waals surface area contributed by atoms with Crippen molar-refractivity contribution in [3.05, 3.63) is 23.5 Å². The Kier molecular flexibility index (Phi) is 4.31. The van der Waals surface area contributed by atoms with Crippen LogP contribution in [0.3, 0.4) is 0 Å². The molecule has 0 aromatic carbocycles. The van der Waals surface area contributed by atoms with Crippen LogP contribution in [0.15, 0.2) is 18.5 Å². The van der Waals surface area contributed by atoms with Crippen LogP contribution >= 0.6 is 11.6 Å². The third-order valence-corrected chi connectivity index (χ3v) is 2.96. The average molecular weight is 250 g/mol. The van der Waals surface area contributed by atoms with Crippen LogP contribution < -0.4 is 9.44 Å². The van der Waals surface area contributed by atoms with E-state index in [0.29, 0.717) is 11.6 Å². The molecule has 0 amide bonds. The topological polar surface area (TPSA) is 71.1 Å². The van der Waals surface area contributed by atoms with E-state index in [1.807, 2.05) is 6.92 Å². The average Bonchev–Trinajstić information content (AvgIpc) is 2.18. The van der Waals surface area contributed by atoms with E-state index in [1.165, 1.54) is 18.5 Å². The van der Waals surface area contributed by atoms with E-state index < -0.39 is 10.2 Å².